The summed E-state index contributed by atoms with van der Waals surface area (Å²) in [6, 6.07) is 0. The van der Waals surface area contributed by atoms with Crippen LogP contribution < -0.4 is 10.6 Å². The molecule has 8 heavy (non-hydrogen) atoms. The smallest absolute Gasteiger partial charge is 0.490 e. The lowest BCUT2D eigenvalue weighted by atomic mass is 10.5. The molecule has 0 radical (unpaired) electrons. The Hall–Kier alpha value is -0.0200. The number of nitrogens with two attached hydrogens (primary N) is 1. The lowest BCUT2D eigenvalue weighted by molar-refractivity contribution is -0.189. The van der Waals surface area contributed by atoms with Gasteiger partial charge in [-0.25, -0.2) is 0 Å². The van der Waals surface area contributed by atoms with Crippen molar-refractivity contribution in [1.82, 2.24) is 0 Å². The molecule has 0 aliphatic carbocycles. The summed E-state index contributed by atoms with van der Waals surface area (Å²) in [5.41, 5.74) is 5.07. The minimum absolute atomic E-state index is 0.503. The van der Waals surface area contributed by atoms with Gasteiger partial charge in [-0.15, -0.1) is 4.52 Å². The van der Waals surface area contributed by atoms with Crippen LogP contribution in [0.25, 0.3) is 0 Å². The first kappa shape index (κ1) is 7.98. The Bertz CT molecular complexity index is 86.6. The first-order valence-corrected chi connectivity index (χ1v) is 3.33. The van der Waals surface area contributed by atoms with Crippen LogP contribution in [0.1, 0.15) is 13.3 Å². The fourth-order valence-corrected chi connectivity index (χ4v) is 0.555. The van der Waals surface area contributed by atoms with Gasteiger partial charge in [0, 0.05) is 0 Å². The van der Waals surface area contributed by atoms with E-state index in [9.17, 15) is 9.46 Å². The Labute approximate surface area is 48.6 Å². The second-order valence-corrected chi connectivity index (χ2v) is 1.93. The average Bonchev–Trinajstić information content (AvgIpc) is 1.65. The molecule has 0 amide bonds. The van der Waals surface area contributed by atoms with Crippen molar-refractivity contribution in [1.29, 1.82) is 0 Å². The van der Waals surface area contributed by atoms with E-state index >= 15 is 0 Å². The predicted molar refractivity (Wildman–Crippen MR) is 27.0 cm³/mol. The van der Waals surface area contributed by atoms with E-state index in [4.69, 9.17) is 5.73 Å². The summed E-state index contributed by atoms with van der Waals surface area (Å²) in [7, 11) is -2.77. The molecule has 0 rings (SSSR count). The van der Waals surface area contributed by atoms with Crippen LogP contribution in [-0.4, -0.2) is 6.23 Å². The van der Waals surface area contributed by atoms with E-state index in [0.29, 0.717) is 6.42 Å². The van der Waals surface area contributed by atoms with Gasteiger partial charge in [-0.2, -0.15) is 0 Å². The van der Waals surface area contributed by atoms with Crippen molar-refractivity contribution in [3.8, 4) is 0 Å². The molecule has 2 N–H and O–H groups in total. The third-order valence-electron chi connectivity index (χ3n) is 0.624. The Morgan fingerprint density at radius 3 is 2.62 bits per heavy atom. The van der Waals surface area contributed by atoms with Crippen LogP contribution >= 0.6 is 8.25 Å². The summed E-state index contributed by atoms with van der Waals surface area (Å²) in [6.07, 6.45) is -0.167. The summed E-state index contributed by atoms with van der Waals surface area (Å²) in [4.78, 5) is 9.70. The molecule has 0 aliphatic rings. The van der Waals surface area contributed by atoms with Crippen LogP contribution in [0.3, 0.4) is 0 Å². The molecular formula is C3H8NO3P. The largest absolute Gasteiger partial charge is 0.566 e. The summed E-state index contributed by atoms with van der Waals surface area (Å²) in [6.45, 7) is 1.74. The average molecular weight is 137 g/mol. The minimum atomic E-state index is -2.77. The molecule has 0 aromatic carbocycles. The van der Waals surface area contributed by atoms with E-state index < -0.39 is 14.5 Å². The number of hydrogen-bond donors (Lipinski definition) is 1. The maximum Gasteiger partial charge on any atom is 0.490 e. The van der Waals surface area contributed by atoms with Crippen molar-refractivity contribution in [3.63, 3.8) is 0 Å². The second kappa shape index (κ2) is 3.92. The monoisotopic (exact) mass is 137 g/mol. The fraction of sp³-hybridized carbons (Fsp3) is 1.00. The molecule has 4 nitrogen and oxygen atoms in total. The van der Waals surface area contributed by atoms with E-state index in [1.54, 1.807) is 6.92 Å². The highest BCUT2D eigenvalue weighted by molar-refractivity contribution is 7.30. The Balaban J connectivity index is 3.24. The highest BCUT2D eigenvalue weighted by atomic mass is 31.1. The Morgan fingerprint density at radius 1 is 2.00 bits per heavy atom. The van der Waals surface area contributed by atoms with E-state index in [1.165, 1.54) is 0 Å². The van der Waals surface area contributed by atoms with Crippen LogP contribution in [0, 0.1) is 0 Å². The second-order valence-electron chi connectivity index (χ2n) is 1.28. The van der Waals surface area contributed by atoms with Crippen LogP contribution in [0.5, 0.6) is 0 Å². The maximum absolute atomic E-state index is 9.70. The highest BCUT2D eigenvalue weighted by Gasteiger charge is 2.07. The molecule has 5 heteroatoms. The van der Waals surface area contributed by atoms with E-state index in [1.807, 2.05) is 0 Å². The van der Waals surface area contributed by atoms with Crippen LogP contribution in [0.4, 0.5) is 0 Å². The fourth-order valence-electron chi connectivity index (χ4n) is 0.185. The van der Waals surface area contributed by atoms with Gasteiger partial charge in [-0.1, -0.05) is 6.92 Å². The molecule has 0 spiro atoms. The summed E-state index contributed by atoms with van der Waals surface area (Å²) >= 11 is 0. The molecule has 0 aromatic rings. The molecule has 0 aliphatic heterocycles. The van der Waals surface area contributed by atoms with Gasteiger partial charge in [-0.3, -0.25) is 0 Å². The lowest BCUT2D eigenvalue weighted by Crippen LogP contribution is -2.20. The standard InChI is InChI=1S/C3H8NO3P/c1-2-3(4)7-8(5)6/h3H,2,4H2,1H3. The SMILES string of the molecule is CCC(N)O[P+](=O)[O-]. The van der Waals surface area contributed by atoms with Gasteiger partial charge in [0.15, 0.2) is 6.23 Å². The van der Waals surface area contributed by atoms with Crippen molar-refractivity contribution < 1.29 is 14.0 Å². The minimum Gasteiger partial charge on any atom is -0.566 e. The highest BCUT2D eigenvalue weighted by Crippen LogP contribution is 2.11. The molecule has 48 valence electrons. The van der Waals surface area contributed by atoms with Gasteiger partial charge in [0.1, 0.15) is 0 Å². The normalized spacial score (nSPS) is 15.6. The predicted octanol–water partition coefficient (Wildman–Crippen LogP) is -0.285. The zero-order valence-corrected chi connectivity index (χ0v) is 5.43. The van der Waals surface area contributed by atoms with Gasteiger partial charge < -0.3 is 10.6 Å². The van der Waals surface area contributed by atoms with Crippen molar-refractivity contribution in [2.45, 2.75) is 19.6 Å². The lowest BCUT2D eigenvalue weighted by Gasteiger charge is -1.98. The summed E-state index contributed by atoms with van der Waals surface area (Å²) < 4.78 is 13.8. The Morgan fingerprint density at radius 2 is 2.50 bits per heavy atom. The van der Waals surface area contributed by atoms with E-state index in [0.717, 1.165) is 0 Å². The van der Waals surface area contributed by atoms with Crippen molar-refractivity contribution in [2.24, 2.45) is 5.73 Å². The topological polar surface area (TPSA) is 75.4 Å². The third kappa shape index (κ3) is 4.15. The number of rotatable bonds is 3. The van der Waals surface area contributed by atoms with Gasteiger partial charge in [0.2, 0.25) is 0 Å². The number of hydrogen-bond acceptors (Lipinski definition) is 4. The van der Waals surface area contributed by atoms with Crippen LogP contribution in [0.2, 0.25) is 0 Å². The van der Waals surface area contributed by atoms with Gasteiger partial charge in [0.05, 0.1) is 0 Å². The van der Waals surface area contributed by atoms with Gasteiger partial charge in [-0.05, 0) is 11.0 Å². The van der Waals surface area contributed by atoms with Crippen LogP contribution in [-0.2, 0) is 9.09 Å². The molecule has 2 unspecified atom stereocenters. The molecule has 0 fully saturated rings. The van der Waals surface area contributed by atoms with Gasteiger partial charge >= 0.3 is 8.25 Å². The Kier molecular flexibility index (Phi) is 3.91. The molecule has 0 saturated heterocycles. The zero-order chi connectivity index (χ0) is 6.57. The van der Waals surface area contributed by atoms with Crippen molar-refractivity contribution >= 4 is 8.25 Å². The molecule has 0 aromatic heterocycles. The summed E-state index contributed by atoms with van der Waals surface area (Å²) in [5.74, 6) is 0. The van der Waals surface area contributed by atoms with Crippen molar-refractivity contribution in [2.75, 3.05) is 0 Å². The first-order chi connectivity index (χ1) is 3.66. The van der Waals surface area contributed by atoms with Gasteiger partial charge in [0.25, 0.3) is 0 Å². The maximum atomic E-state index is 9.70. The first-order valence-electron chi connectivity index (χ1n) is 2.23. The quantitative estimate of drug-likeness (QED) is 0.428. The van der Waals surface area contributed by atoms with Crippen molar-refractivity contribution in [3.05, 3.63) is 0 Å². The van der Waals surface area contributed by atoms with Crippen LogP contribution in [0.15, 0.2) is 0 Å². The zero-order valence-electron chi connectivity index (χ0n) is 4.53. The third-order valence-corrected chi connectivity index (χ3v) is 1.07. The molecular weight excluding hydrogens is 129 g/mol. The van der Waals surface area contributed by atoms with E-state index in [2.05, 4.69) is 4.52 Å². The molecule has 0 heterocycles. The molecule has 2 atom stereocenters. The summed E-state index contributed by atoms with van der Waals surface area (Å²) in [5, 5.41) is 0. The molecule has 0 bridgehead atoms. The van der Waals surface area contributed by atoms with E-state index in [-0.39, 0.29) is 0 Å². The molecule has 0 saturated carbocycles.